The summed E-state index contributed by atoms with van der Waals surface area (Å²) in [5.41, 5.74) is 0.855. The lowest BCUT2D eigenvalue weighted by atomic mass is 10.2. The van der Waals surface area contributed by atoms with Crippen molar-refractivity contribution in [2.75, 3.05) is 16.6 Å². The molecule has 0 saturated carbocycles. The predicted octanol–water partition coefficient (Wildman–Crippen LogP) is 2.19. The zero-order valence-corrected chi connectivity index (χ0v) is 12.2. The van der Waals surface area contributed by atoms with Crippen molar-refractivity contribution in [2.45, 2.75) is 11.8 Å². The minimum absolute atomic E-state index is 0.0798. The van der Waals surface area contributed by atoms with Crippen LogP contribution in [0.15, 0.2) is 47.5 Å². The molecular formula is C14H14N4O2S. The third kappa shape index (κ3) is 3.49. The Bertz CT molecular complexity index is 764. The quantitative estimate of drug-likeness (QED) is 0.882. The van der Waals surface area contributed by atoms with E-state index in [1.54, 1.807) is 30.3 Å². The molecule has 0 spiro atoms. The maximum Gasteiger partial charge on any atom is 0.265 e. The molecule has 0 aliphatic carbocycles. The lowest BCUT2D eigenvalue weighted by Gasteiger charge is -2.12. The third-order valence-corrected chi connectivity index (χ3v) is 4.08. The summed E-state index contributed by atoms with van der Waals surface area (Å²) in [7, 11) is -3.74. The van der Waals surface area contributed by atoms with Gasteiger partial charge in [-0.05, 0) is 43.3 Å². The van der Waals surface area contributed by atoms with E-state index in [1.165, 1.54) is 12.3 Å². The van der Waals surface area contributed by atoms with Crippen molar-refractivity contribution in [3.63, 3.8) is 0 Å². The van der Waals surface area contributed by atoms with Crippen LogP contribution in [-0.2, 0) is 10.0 Å². The fraction of sp³-hybridized carbons (Fsp3) is 0.143. The fourth-order valence-corrected chi connectivity index (χ4v) is 2.92. The van der Waals surface area contributed by atoms with Crippen LogP contribution in [-0.4, -0.2) is 19.9 Å². The molecule has 1 aromatic carbocycles. The Morgan fingerprint density at radius 1 is 1.24 bits per heavy atom. The van der Waals surface area contributed by atoms with Crippen molar-refractivity contribution >= 4 is 21.5 Å². The van der Waals surface area contributed by atoms with Gasteiger partial charge in [0, 0.05) is 18.4 Å². The molecule has 0 unspecified atom stereocenters. The molecule has 0 bridgehead atoms. The van der Waals surface area contributed by atoms with E-state index in [0.717, 1.165) is 0 Å². The molecule has 21 heavy (non-hydrogen) atoms. The first-order valence-electron chi connectivity index (χ1n) is 6.28. The van der Waals surface area contributed by atoms with Crippen LogP contribution in [0.5, 0.6) is 0 Å². The molecule has 0 saturated heterocycles. The Hall–Kier alpha value is -2.59. The number of anilines is 2. The number of aromatic nitrogens is 1. The highest BCUT2D eigenvalue weighted by atomic mass is 32.2. The Balaban J connectivity index is 2.32. The molecule has 0 aliphatic rings. The van der Waals surface area contributed by atoms with Crippen molar-refractivity contribution in [3.05, 3.63) is 48.2 Å². The molecule has 0 amide bonds. The van der Waals surface area contributed by atoms with Crippen LogP contribution in [0.2, 0.25) is 0 Å². The summed E-state index contributed by atoms with van der Waals surface area (Å²) < 4.78 is 27.3. The van der Waals surface area contributed by atoms with Crippen LogP contribution in [0.1, 0.15) is 12.5 Å². The normalized spacial score (nSPS) is 10.7. The van der Waals surface area contributed by atoms with Gasteiger partial charge in [-0.25, -0.2) is 13.4 Å². The van der Waals surface area contributed by atoms with Gasteiger partial charge in [-0.3, -0.25) is 4.72 Å². The zero-order chi connectivity index (χ0) is 15.3. The van der Waals surface area contributed by atoms with Crippen LogP contribution >= 0.6 is 0 Å². The smallest absolute Gasteiger partial charge is 0.265 e. The van der Waals surface area contributed by atoms with Gasteiger partial charge >= 0.3 is 0 Å². The lowest BCUT2D eigenvalue weighted by Crippen LogP contribution is -2.16. The van der Waals surface area contributed by atoms with Gasteiger partial charge in [-0.15, -0.1) is 0 Å². The molecule has 7 heteroatoms. The second-order valence-electron chi connectivity index (χ2n) is 4.18. The Morgan fingerprint density at radius 3 is 2.57 bits per heavy atom. The van der Waals surface area contributed by atoms with Crippen LogP contribution in [0.3, 0.4) is 0 Å². The number of pyridine rings is 1. The van der Waals surface area contributed by atoms with E-state index in [1.807, 2.05) is 13.0 Å². The highest BCUT2D eigenvalue weighted by Crippen LogP contribution is 2.21. The molecule has 0 radical (unpaired) electrons. The second-order valence-corrected chi connectivity index (χ2v) is 5.83. The number of benzene rings is 1. The molecule has 1 aromatic heterocycles. The first-order valence-corrected chi connectivity index (χ1v) is 7.77. The minimum Gasteiger partial charge on any atom is -0.369 e. The number of hydrogen-bond acceptors (Lipinski definition) is 5. The molecule has 2 rings (SSSR count). The van der Waals surface area contributed by atoms with Crippen molar-refractivity contribution in [3.8, 4) is 6.07 Å². The van der Waals surface area contributed by atoms with Gasteiger partial charge in [0.1, 0.15) is 10.7 Å². The Kier molecular flexibility index (Phi) is 4.40. The van der Waals surface area contributed by atoms with E-state index < -0.39 is 10.0 Å². The van der Waals surface area contributed by atoms with Gasteiger partial charge in [0.25, 0.3) is 10.0 Å². The molecule has 0 aliphatic heterocycles. The van der Waals surface area contributed by atoms with Crippen molar-refractivity contribution in [1.29, 1.82) is 5.26 Å². The summed E-state index contributed by atoms with van der Waals surface area (Å²) in [6.07, 6.45) is 1.53. The number of rotatable bonds is 5. The number of nitrogens with one attached hydrogen (secondary N) is 2. The van der Waals surface area contributed by atoms with Crippen LogP contribution in [0, 0.1) is 11.3 Å². The first kappa shape index (κ1) is 14.8. The van der Waals surface area contributed by atoms with E-state index in [0.29, 0.717) is 23.6 Å². The summed E-state index contributed by atoms with van der Waals surface area (Å²) in [5, 5.41) is 11.6. The van der Waals surface area contributed by atoms with E-state index in [2.05, 4.69) is 15.0 Å². The molecule has 2 aromatic rings. The summed E-state index contributed by atoms with van der Waals surface area (Å²) in [4.78, 5) is 4.11. The van der Waals surface area contributed by atoms with E-state index in [9.17, 15) is 8.42 Å². The molecule has 2 N–H and O–H groups in total. The lowest BCUT2D eigenvalue weighted by molar-refractivity contribution is 0.601. The number of nitriles is 1. The van der Waals surface area contributed by atoms with Gasteiger partial charge in [0.05, 0.1) is 11.6 Å². The topological polar surface area (TPSA) is 94.9 Å². The van der Waals surface area contributed by atoms with Crippen molar-refractivity contribution in [2.24, 2.45) is 0 Å². The predicted molar refractivity (Wildman–Crippen MR) is 80.4 cm³/mol. The van der Waals surface area contributed by atoms with Crippen LogP contribution in [0.4, 0.5) is 11.5 Å². The largest absolute Gasteiger partial charge is 0.369 e. The van der Waals surface area contributed by atoms with E-state index >= 15 is 0 Å². The first-order chi connectivity index (χ1) is 10.1. The zero-order valence-electron chi connectivity index (χ0n) is 11.4. The average molecular weight is 302 g/mol. The highest BCUT2D eigenvalue weighted by molar-refractivity contribution is 7.92. The van der Waals surface area contributed by atoms with Gasteiger partial charge in [0.2, 0.25) is 0 Å². The van der Waals surface area contributed by atoms with Gasteiger partial charge in [0.15, 0.2) is 0 Å². The third-order valence-electron chi connectivity index (χ3n) is 2.67. The molecule has 6 nitrogen and oxygen atoms in total. The van der Waals surface area contributed by atoms with E-state index in [4.69, 9.17) is 5.26 Å². The number of nitrogens with zero attached hydrogens (tertiary/aromatic N) is 2. The monoisotopic (exact) mass is 302 g/mol. The number of hydrogen-bond donors (Lipinski definition) is 2. The Morgan fingerprint density at radius 2 is 1.95 bits per heavy atom. The summed E-state index contributed by atoms with van der Waals surface area (Å²) >= 11 is 0. The highest BCUT2D eigenvalue weighted by Gasteiger charge is 2.19. The minimum atomic E-state index is -3.74. The summed E-state index contributed by atoms with van der Waals surface area (Å²) in [6.45, 7) is 2.43. The fourth-order valence-electron chi connectivity index (χ4n) is 1.73. The van der Waals surface area contributed by atoms with E-state index in [-0.39, 0.29) is 4.90 Å². The standard InChI is InChI=1S/C14H14N4O2S/c1-2-16-14-13(4-3-9-17-14)21(19,20)18-12-7-5-11(10-15)6-8-12/h3-9,18H,2H2,1H3,(H,16,17). The number of sulfonamides is 1. The average Bonchev–Trinajstić information content (AvgIpc) is 2.48. The Labute approximate surface area is 123 Å². The SMILES string of the molecule is CCNc1ncccc1S(=O)(=O)Nc1ccc(C#N)cc1. The van der Waals surface area contributed by atoms with Crippen LogP contribution in [0.25, 0.3) is 0 Å². The van der Waals surface area contributed by atoms with Crippen molar-refractivity contribution in [1.82, 2.24) is 4.98 Å². The van der Waals surface area contributed by atoms with Crippen molar-refractivity contribution < 1.29 is 8.42 Å². The molecule has 108 valence electrons. The second kappa shape index (κ2) is 6.24. The molecular weight excluding hydrogens is 288 g/mol. The summed E-state index contributed by atoms with van der Waals surface area (Å²) in [5.74, 6) is 0.307. The maximum absolute atomic E-state index is 12.4. The maximum atomic E-state index is 12.4. The molecule has 0 atom stereocenters. The van der Waals surface area contributed by atoms with Gasteiger partial charge < -0.3 is 5.32 Å². The van der Waals surface area contributed by atoms with Gasteiger partial charge in [-0.1, -0.05) is 0 Å². The van der Waals surface area contributed by atoms with Crippen LogP contribution < -0.4 is 10.0 Å². The molecule has 1 heterocycles. The molecule has 0 fully saturated rings. The summed E-state index contributed by atoms with van der Waals surface area (Å²) in [6, 6.07) is 11.2. The van der Waals surface area contributed by atoms with Gasteiger partial charge in [-0.2, -0.15) is 5.26 Å².